The predicted octanol–water partition coefficient (Wildman–Crippen LogP) is 7.42. The zero-order valence-corrected chi connectivity index (χ0v) is 21.9. The van der Waals surface area contributed by atoms with Gasteiger partial charge in [0.25, 0.3) is 0 Å². The van der Waals surface area contributed by atoms with Crippen LogP contribution >= 0.6 is 0 Å². The van der Waals surface area contributed by atoms with Gasteiger partial charge in [-0.2, -0.15) is 0 Å². The lowest BCUT2D eigenvalue weighted by molar-refractivity contribution is -0.167. The van der Waals surface area contributed by atoms with Gasteiger partial charge < -0.3 is 4.90 Å². The molecule has 0 N–H and O–H groups in total. The second kappa shape index (κ2) is 8.35. The average molecular weight is 430 g/mol. The second-order valence-corrected chi connectivity index (χ2v) is 13.6. The molecule has 0 spiro atoms. The highest BCUT2D eigenvalue weighted by Crippen LogP contribution is 2.69. The Morgan fingerprint density at radius 1 is 0.968 bits per heavy atom. The molecule has 1 heterocycles. The van der Waals surface area contributed by atoms with E-state index in [1.807, 2.05) is 0 Å². The number of piperidine rings is 1. The smallest absolute Gasteiger partial charge is 0.222 e. The minimum Gasteiger partial charge on any atom is -0.342 e. The van der Waals surface area contributed by atoms with Crippen LogP contribution in [0, 0.1) is 58.2 Å². The lowest BCUT2D eigenvalue weighted by atomic mass is 9.44. The van der Waals surface area contributed by atoms with Crippen LogP contribution in [-0.2, 0) is 4.79 Å². The number of hydrogen-bond donors (Lipinski definition) is 0. The normalized spacial score (nSPS) is 48.4. The lowest BCUT2D eigenvalue weighted by Crippen LogP contribution is -2.63. The van der Waals surface area contributed by atoms with Crippen molar-refractivity contribution in [1.82, 2.24) is 4.90 Å². The Hall–Kier alpha value is -0.530. The van der Waals surface area contributed by atoms with Crippen LogP contribution in [0.2, 0.25) is 0 Å². The van der Waals surface area contributed by atoms with E-state index in [1.54, 1.807) is 0 Å². The van der Waals surface area contributed by atoms with Gasteiger partial charge in [-0.15, -0.1) is 0 Å². The third-order valence-electron chi connectivity index (χ3n) is 11.4. The van der Waals surface area contributed by atoms with Gasteiger partial charge in [0.05, 0.1) is 0 Å². The van der Waals surface area contributed by atoms with Crippen molar-refractivity contribution in [2.24, 2.45) is 58.2 Å². The number of hydrogen-bond acceptors (Lipinski definition) is 1. The van der Waals surface area contributed by atoms with Crippen LogP contribution in [-0.4, -0.2) is 23.9 Å². The highest BCUT2D eigenvalue weighted by molar-refractivity contribution is 5.77. The van der Waals surface area contributed by atoms with Crippen molar-refractivity contribution >= 4 is 5.91 Å². The molecule has 3 aliphatic carbocycles. The summed E-state index contributed by atoms with van der Waals surface area (Å²) < 4.78 is 0. The number of amides is 1. The molecule has 2 nitrogen and oxygen atoms in total. The van der Waals surface area contributed by atoms with E-state index in [2.05, 4.69) is 60.4 Å². The number of rotatable bonds is 5. The van der Waals surface area contributed by atoms with E-state index >= 15 is 0 Å². The summed E-state index contributed by atoms with van der Waals surface area (Å²) in [6.07, 6.45) is 11.6. The Morgan fingerprint density at radius 3 is 2.35 bits per heavy atom. The summed E-state index contributed by atoms with van der Waals surface area (Å²) in [7, 11) is 2.09. The zero-order valence-electron chi connectivity index (χ0n) is 21.9. The molecule has 0 aromatic rings. The molecule has 10 atom stereocenters. The molecule has 0 bridgehead atoms. The van der Waals surface area contributed by atoms with Crippen molar-refractivity contribution in [1.29, 1.82) is 0 Å². The number of carbonyl (C=O) groups excluding carboxylic acids is 1. The standard InChI is InChI=1S/C29H51NO/c1-18(2)10-9-11-19(3)27-21(5)16-23-26-20(4)17-24-28(6,15-13-25(31)30(24)8)22(26)12-14-29(23,27)7/h18-24,26-27H,9-17H2,1-8H3/t19-,20?,21?,22+,23+,24-,26-,27+,28-,29+/m1/s1. The summed E-state index contributed by atoms with van der Waals surface area (Å²) in [6, 6.07) is 0.471. The first-order valence-electron chi connectivity index (χ1n) is 13.8. The zero-order chi connectivity index (χ0) is 22.7. The van der Waals surface area contributed by atoms with Crippen molar-refractivity contribution < 1.29 is 4.79 Å². The van der Waals surface area contributed by atoms with Crippen molar-refractivity contribution in [3.8, 4) is 0 Å². The van der Waals surface area contributed by atoms with E-state index < -0.39 is 0 Å². The maximum absolute atomic E-state index is 12.5. The molecule has 178 valence electrons. The molecule has 3 saturated carbocycles. The van der Waals surface area contributed by atoms with Crippen LogP contribution in [0.1, 0.15) is 106 Å². The van der Waals surface area contributed by atoms with E-state index in [0.29, 0.717) is 22.8 Å². The number of carbonyl (C=O) groups is 1. The number of nitrogens with zero attached hydrogens (tertiary/aromatic N) is 1. The molecule has 4 aliphatic rings. The van der Waals surface area contributed by atoms with Crippen LogP contribution < -0.4 is 0 Å². The molecule has 1 saturated heterocycles. The molecule has 2 heteroatoms. The van der Waals surface area contributed by atoms with Gasteiger partial charge in [-0.1, -0.05) is 67.7 Å². The highest BCUT2D eigenvalue weighted by atomic mass is 16.2. The van der Waals surface area contributed by atoms with Crippen molar-refractivity contribution in [3.63, 3.8) is 0 Å². The van der Waals surface area contributed by atoms with Crippen LogP contribution in [0.5, 0.6) is 0 Å². The molecule has 1 aliphatic heterocycles. The average Bonchev–Trinajstić information content (AvgIpc) is 2.96. The van der Waals surface area contributed by atoms with Gasteiger partial charge in [0.15, 0.2) is 0 Å². The molecule has 31 heavy (non-hydrogen) atoms. The van der Waals surface area contributed by atoms with E-state index in [-0.39, 0.29) is 0 Å². The largest absolute Gasteiger partial charge is 0.342 e. The summed E-state index contributed by atoms with van der Waals surface area (Å²) >= 11 is 0. The van der Waals surface area contributed by atoms with Crippen LogP contribution in [0.4, 0.5) is 0 Å². The Kier molecular flexibility index (Phi) is 6.37. The number of likely N-dealkylation sites (tertiary alicyclic amines) is 1. The topological polar surface area (TPSA) is 20.3 Å². The van der Waals surface area contributed by atoms with Gasteiger partial charge in [0.2, 0.25) is 5.91 Å². The van der Waals surface area contributed by atoms with E-state index in [0.717, 1.165) is 60.2 Å². The van der Waals surface area contributed by atoms with Crippen molar-refractivity contribution in [3.05, 3.63) is 0 Å². The fourth-order valence-electron chi connectivity index (χ4n) is 10.1. The van der Waals surface area contributed by atoms with Crippen LogP contribution in [0.15, 0.2) is 0 Å². The maximum Gasteiger partial charge on any atom is 0.222 e. The first-order chi connectivity index (χ1) is 14.5. The summed E-state index contributed by atoms with van der Waals surface area (Å²) in [5.41, 5.74) is 0.872. The summed E-state index contributed by atoms with van der Waals surface area (Å²) in [6.45, 7) is 17.7. The fourth-order valence-corrected chi connectivity index (χ4v) is 10.1. The molecule has 4 rings (SSSR count). The summed E-state index contributed by atoms with van der Waals surface area (Å²) in [5, 5.41) is 0. The summed E-state index contributed by atoms with van der Waals surface area (Å²) in [5.74, 6) is 7.20. The molecule has 2 unspecified atom stereocenters. The lowest BCUT2D eigenvalue weighted by Gasteiger charge is -2.64. The van der Waals surface area contributed by atoms with Crippen molar-refractivity contribution in [2.75, 3.05) is 7.05 Å². The molecule has 4 fully saturated rings. The Labute approximate surface area is 193 Å². The highest BCUT2D eigenvalue weighted by Gasteiger charge is 2.64. The van der Waals surface area contributed by atoms with Gasteiger partial charge in [0.1, 0.15) is 0 Å². The summed E-state index contributed by atoms with van der Waals surface area (Å²) in [4.78, 5) is 14.7. The molecular formula is C29H51NO. The predicted molar refractivity (Wildman–Crippen MR) is 131 cm³/mol. The molecular weight excluding hydrogens is 378 g/mol. The quantitative estimate of drug-likeness (QED) is 0.445. The van der Waals surface area contributed by atoms with Gasteiger partial charge in [-0.05, 0) is 90.3 Å². The molecule has 1 amide bonds. The molecule has 0 aromatic carbocycles. The fraction of sp³-hybridized carbons (Fsp3) is 0.966. The minimum atomic E-state index is 0.339. The van der Waals surface area contributed by atoms with E-state index in [1.165, 1.54) is 44.9 Å². The monoisotopic (exact) mass is 429 g/mol. The SMILES string of the molecule is CC(C)CCC[C@@H](C)[C@H]1C(C)C[C@H]2[C@@H]3C(C)C[C@H]4N(C)C(=O)CC[C@]4(C)[C@H]3CC[C@]12C. The second-order valence-electron chi connectivity index (χ2n) is 13.6. The number of fused-ring (bicyclic) bond motifs is 5. The van der Waals surface area contributed by atoms with Gasteiger partial charge in [0, 0.05) is 19.5 Å². The van der Waals surface area contributed by atoms with E-state index in [9.17, 15) is 4.79 Å². The Bertz CT molecular complexity index is 672. The molecule has 0 aromatic heterocycles. The molecule has 0 radical (unpaired) electrons. The first-order valence-corrected chi connectivity index (χ1v) is 13.8. The third kappa shape index (κ3) is 3.71. The Balaban J connectivity index is 1.57. The Morgan fingerprint density at radius 2 is 1.68 bits per heavy atom. The van der Waals surface area contributed by atoms with Crippen molar-refractivity contribution in [2.45, 2.75) is 112 Å². The van der Waals surface area contributed by atoms with Crippen LogP contribution in [0.25, 0.3) is 0 Å². The minimum absolute atomic E-state index is 0.339. The van der Waals surface area contributed by atoms with E-state index in [4.69, 9.17) is 0 Å². The van der Waals surface area contributed by atoms with Crippen LogP contribution in [0.3, 0.4) is 0 Å². The maximum atomic E-state index is 12.5. The third-order valence-corrected chi connectivity index (χ3v) is 11.4. The van der Waals surface area contributed by atoms with Gasteiger partial charge >= 0.3 is 0 Å². The first kappa shape index (κ1) is 23.6. The van der Waals surface area contributed by atoms with Gasteiger partial charge in [-0.3, -0.25) is 4.79 Å². The van der Waals surface area contributed by atoms with Gasteiger partial charge in [-0.25, -0.2) is 0 Å².